The van der Waals surface area contributed by atoms with Gasteiger partial charge in [0.1, 0.15) is 10.7 Å². The summed E-state index contributed by atoms with van der Waals surface area (Å²) in [5.41, 5.74) is 1.94. The minimum absolute atomic E-state index is 0.0571. The molecule has 8 heteroatoms. The zero-order chi connectivity index (χ0) is 21.1. The maximum absolute atomic E-state index is 13.6. The number of allylic oxidation sites excluding steroid dienone is 1. The molecule has 1 N–H and O–H groups in total. The van der Waals surface area contributed by atoms with Gasteiger partial charge in [-0.1, -0.05) is 42.5 Å². The summed E-state index contributed by atoms with van der Waals surface area (Å²) in [5, 5.41) is 4.65. The van der Waals surface area contributed by atoms with Gasteiger partial charge < -0.3 is 5.32 Å². The number of benzene rings is 2. The van der Waals surface area contributed by atoms with E-state index in [1.165, 1.54) is 40.0 Å². The normalized spacial score (nSPS) is 16.5. The average Bonchev–Trinajstić information content (AvgIpc) is 3.21. The number of carbonyl (C=O) groups is 1. The Labute approximate surface area is 178 Å². The molecule has 0 saturated carbocycles. The number of ketones is 1. The van der Waals surface area contributed by atoms with Crippen molar-refractivity contribution in [1.82, 2.24) is 5.32 Å². The number of nitrogens with zero attached hydrogens (tertiary/aromatic N) is 1. The van der Waals surface area contributed by atoms with Crippen LogP contribution in [0.2, 0.25) is 0 Å². The van der Waals surface area contributed by atoms with Crippen LogP contribution in [0.4, 0.5) is 10.1 Å². The second-order valence-electron chi connectivity index (χ2n) is 6.80. The number of sulfonamides is 1. The molecule has 1 aliphatic heterocycles. The van der Waals surface area contributed by atoms with Crippen molar-refractivity contribution in [3.8, 4) is 0 Å². The maximum Gasteiger partial charge on any atom is 0.270 e. The Bertz CT molecular complexity index is 1200. The number of fused-ring (bicyclic) bond motifs is 1. The lowest BCUT2D eigenvalue weighted by Gasteiger charge is -2.29. The Morgan fingerprint density at radius 3 is 2.57 bits per heavy atom. The lowest BCUT2D eigenvalue weighted by molar-refractivity contribution is 0.104. The number of rotatable bonds is 6. The molecule has 0 aliphatic carbocycles. The summed E-state index contributed by atoms with van der Waals surface area (Å²) in [5.74, 6) is -0.968. The highest BCUT2D eigenvalue weighted by molar-refractivity contribution is 7.97. The minimum Gasteiger partial charge on any atom is -0.389 e. The van der Waals surface area contributed by atoms with Crippen LogP contribution in [0, 0.1) is 5.82 Å². The third-order valence-electron chi connectivity index (χ3n) is 4.76. The van der Waals surface area contributed by atoms with Crippen molar-refractivity contribution in [2.24, 2.45) is 0 Å². The summed E-state index contributed by atoms with van der Waals surface area (Å²) in [7, 11) is -4.09. The van der Waals surface area contributed by atoms with Crippen molar-refractivity contribution in [3.63, 3.8) is 0 Å². The van der Waals surface area contributed by atoms with E-state index in [1.807, 2.05) is 30.3 Å². The van der Waals surface area contributed by atoms with Gasteiger partial charge in [0.25, 0.3) is 10.0 Å². The van der Waals surface area contributed by atoms with Crippen molar-refractivity contribution in [1.29, 1.82) is 0 Å². The van der Waals surface area contributed by atoms with Gasteiger partial charge in [0.2, 0.25) is 5.78 Å². The van der Waals surface area contributed by atoms with E-state index in [1.54, 1.807) is 17.5 Å². The Balaban J connectivity index is 1.60. The molecule has 0 radical (unpaired) electrons. The van der Waals surface area contributed by atoms with Crippen LogP contribution >= 0.6 is 11.3 Å². The molecule has 30 heavy (non-hydrogen) atoms. The summed E-state index contributed by atoms with van der Waals surface area (Å²) in [4.78, 5) is 12.9. The molecule has 0 saturated heterocycles. The van der Waals surface area contributed by atoms with Gasteiger partial charge in [-0.3, -0.25) is 9.10 Å². The highest BCUT2D eigenvalue weighted by Gasteiger charge is 2.41. The Hall–Kier alpha value is -2.97. The number of hydrogen-bond donors (Lipinski definition) is 1. The summed E-state index contributed by atoms with van der Waals surface area (Å²) in [6.45, 7) is 0.427. The van der Waals surface area contributed by atoms with E-state index in [2.05, 4.69) is 5.32 Å². The summed E-state index contributed by atoms with van der Waals surface area (Å²) < 4.78 is 41.2. The van der Waals surface area contributed by atoms with Gasteiger partial charge in [0.05, 0.1) is 12.2 Å². The molecule has 0 bridgehead atoms. The van der Waals surface area contributed by atoms with E-state index in [0.29, 0.717) is 29.1 Å². The number of nitrogens with one attached hydrogen (secondary N) is 1. The number of anilines is 1. The second kappa shape index (κ2) is 8.41. The van der Waals surface area contributed by atoms with Crippen LogP contribution in [0.15, 0.2) is 77.1 Å². The van der Waals surface area contributed by atoms with E-state index >= 15 is 0 Å². The highest BCUT2D eigenvalue weighted by atomic mass is 32.2. The van der Waals surface area contributed by atoms with E-state index in [-0.39, 0.29) is 11.4 Å². The number of halogens is 1. The molecule has 4 rings (SSSR count). The van der Waals surface area contributed by atoms with Gasteiger partial charge in [-0.05, 0) is 41.1 Å². The first-order chi connectivity index (χ1) is 14.5. The van der Waals surface area contributed by atoms with Gasteiger partial charge in [-0.15, -0.1) is 11.3 Å². The first kappa shape index (κ1) is 20.3. The molecule has 0 amide bonds. The van der Waals surface area contributed by atoms with Crippen LogP contribution in [0.1, 0.15) is 20.8 Å². The standard InChI is InChI=1S/C22H19FN2O3S2/c23-18-8-4-7-17(13-18)15-25-19-10-12-29-22(19)21(26)20(30(25,27)28)14-24-11-9-16-5-2-1-3-6-16/h1-8,10,12-14,24H,9,11,15H2. The minimum atomic E-state index is -4.09. The number of hydrogen-bond acceptors (Lipinski definition) is 5. The van der Waals surface area contributed by atoms with Crippen LogP contribution in [-0.4, -0.2) is 20.7 Å². The zero-order valence-electron chi connectivity index (χ0n) is 15.9. The molecule has 0 fully saturated rings. The highest BCUT2D eigenvalue weighted by Crippen LogP contribution is 2.39. The third-order valence-corrected chi connectivity index (χ3v) is 7.43. The van der Waals surface area contributed by atoms with Gasteiger partial charge in [0.15, 0.2) is 4.91 Å². The van der Waals surface area contributed by atoms with Crippen molar-refractivity contribution in [3.05, 3.63) is 99.0 Å². The number of Topliss-reactive ketones (excluding diaryl/α,β-unsaturated/α-hetero) is 1. The van der Waals surface area contributed by atoms with Crippen LogP contribution < -0.4 is 9.62 Å². The molecule has 0 atom stereocenters. The molecule has 0 unspecified atom stereocenters. The average molecular weight is 443 g/mol. The van der Waals surface area contributed by atoms with E-state index < -0.39 is 21.6 Å². The van der Waals surface area contributed by atoms with Gasteiger partial charge in [-0.25, -0.2) is 12.8 Å². The van der Waals surface area contributed by atoms with E-state index in [9.17, 15) is 17.6 Å². The topological polar surface area (TPSA) is 66.5 Å². The third kappa shape index (κ3) is 4.01. The SMILES string of the molecule is O=C1C(=CNCCc2ccccc2)S(=O)(=O)N(Cc2cccc(F)c2)c2ccsc21. The van der Waals surface area contributed by atoms with Crippen LogP contribution in [0.25, 0.3) is 0 Å². The monoisotopic (exact) mass is 442 g/mol. The number of carbonyl (C=O) groups excluding carboxylic acids is 1. The fraction of sp³-hybridized carbons (Fsp3) is 0.136. The smallest absolute Gasteiger partial charge is 0.270 e. The molecule has 3 aromatic rings. The van der Waals surface area contributed by atoms with Crippen molar-refractivity contribution in [2.45, 2.75) is 13.0 Å². The number of thiophene rings is 1. The lowest BCUT2D eigenvalue weighted by atomic mass is 10.1. The second-order valence-corrected chi connectivity index (χ2v) is 9.55. The maximum atomic E-state index is 13.6. The van der Waals surface area contributed by atoms with Gasteiger partial charge >= 0.3 is 0 Å². The van der Waals surface area contributed by atoms with Gasteiger partial charge in [0, 0.05) is 12.7 Å². The van der Waals surface area contributed by atoms with E-state index in [0.717, 1.165) is 5.56 Å². The predicted octanol–water partition coefficient (Wildman–Crippen LogP) is 4.09. The fourth-order valence-electron chi connectivity index (χ4n) is 3.28. The van der Waals surface area contributed by atoms with E-state index in [4.69, 9.17) is 0 Å². The summed E-state index contributed by atoms with van der Waals surface area (Å²) in [6, 6.07) is 17.1. The Morgan fingerprint density at radius 1 is 1.03 bits per heavy atom. The van der Waals surface area contributed by atoms with Crippen molar-refractivity contribution in [2.75, 3.05) is 10.8 Å². The largest absolute Gasteiger partial charge is 0.389 e. The molecule has 1 aromatic heterocycles. The zero-order valence-corrected chi connectivity index (χ0v) is 17.5. The molecule has 2 heterocycles. The van der Waals surface area contributed by atoms with Crippen molar-refractivity contribution >= 4 is 32.8 Å². The Kier molecular flexibility index (Phi) is 5.69. The molecular weight excluding hydrogens is 423 g/mol. The van der Waals surface area contributed by atoms with Crippen molar-refractivity contribution < 1.29 is 17.6 Å². The molecular formula is C22H19FN2O3S2. The summed E-state index contributed by atoms with van der Waals surface area (Å²) >= 11 is 1.19. The van der Waals surface area contributed by atoms with Crippen LogP contribution in [0.5, 0.6) is 0 Å². The molecule has 154 valence electrons. The first-order valence-corrected chi connectivity index (χ1v) is 11.7. The predicted molar refractivity (Wildman–Crippen MR) is 116 cm³/mol. The Morgan fingerprint density at radius 2 is 1.80 bits per heavy atom. The van der Waals surface area contributed by atoms with Gasteiger partial charge in [-0.2, -0.15) is 0 Å². The first-order valence-electron chi connectivity index (χ1n) is 9.33. The fourth-order valence-corrected chi connectivity index (χ4v) is 5.79. The molecule has 1 aliphatic rings. The van der Waals surface area contributed by atoms with Crippen LogP contribution in [0.3, 0.4) is 0 Å². The summed E-state index contributed by atoms with van der Waals surface area (Å²) in [6.07, 6.45) is 1.97. The molecule has 0 spiro atoms. The lowest BCUT2D eigenvalue weighted by Crippen LogP contribution is -2.38. The molecule has 2 aromatic carbocycles. The molecule has 5 nitrogen and oxygen atoms in total. The van der Waals surface area contributed by atoms with Crippen LogP contribution in [-0.2, 0) is 23.0 Å². The quantitative estimate of drug-likeness (QED) is 0.461.